The molecule has 0 atom stereocenters. The molecule has 0 saturated heterocycles. The molecular weight excluding hydrogens is 603 g/mol. The first-order valence-electron chi connectivity index (χ1n) is 15.5. The standard InChI is InChI=1S/C39H43GeNO3/c1-6-43-38-25-14-32(39(28-38)44-7-2)26-27-40(4,5)33-15-10-30(11-16-33)31-12-19-35(20-13-31)41(34-17-8-29(3)9-18-34)36-21-23-37(42)24-22-36/h8-25,28,42H,6-7,26-27H2,1-5H3. The number of aryl methyl sites for hydroxylation is 2. The van der Waals surface area contributed by atoms with E-state index < -0.39 is 13.3 Å². The van der Waals surface area contributed by atoms with Gasteiger partial charge in [-0.25, -0.2) is 0 Å². The topological polar surface area (TPSA) is 41.9 Å². The SMILES string of the molecule is CCOc1ccc(C[CH2][Ge]([CH3])([CH3])[c]2ccc(-c3ccc(N(c4ccc(C)cc4)c4ccc(O)cc4)cc3)cc2)c(OCC)c1. The summed E-state index contributed by atoms with van der Waals surface area (Å²) in [5, 5.41) is 11.1. The Morgan fingerprint density at radius 1 is 0.636 bits per heavy atom. The zero-order valence-corrected chi connectivity index (χ0v) is 28.6. The summed E-state index contributed by atoms with van der Waals surface area (Å²) in [5.41, 5.74) is 8.03. The van der Waals surface area contributed by atoms with Crippen LogP contribution in [0.3, 0.4) is 0 Å². The van der Waals surface area contributed by atoms with Gasteiger partial charge < -0.3 is 5.11 Å². The summed E-state index contributed by atoms with van der Waals surface area (Å²) in [4.78, 5) is 2.21. The quantitative estimate of drug-likeness (QED) is 0.137. The summed E-state index contributed by atoms with van der Waals surface area (Å²) in [5.74, 6) is 7.08. The van der Waals surface area contributed by atoms with Crippen LogP contribution in [0.5, 0.6) is 17.2 Å². The number of rotatable bonds is 12. The van der Waals surface area contributed by atoms with Gasteiger partial charge in [-0.2, -0.15) is 0 Å². The molecule has 0 aliphatic heterocycles. The number of hydrogen-bond acceptors (Lipinski definition) is 4. The Morgan fingerprint density at radius 2 is 1.16 bits per heavy atom. The Kier molecular flexibility index (Phi) is 10.0. The molecule has 0 amide bonds. The fourth-order valence-corrected chi connectivity index (χ4v) is 10.3. The van der Waals surface area contributed by atoms with Crippen LogP contribution in [0.4, 0.5) is 17.1 Å². The van der Waals surface area contributed by atoms with E-state index in [1.807, 2.05) is 32.0 Å². The van der Waals surface area contributed by atoms with Crippen molar-refractivity contribution in [3.8, 4) is 28.4 Å². The normalized spacial score (nSPS) is 11.3. The van der Waals surface area contributed by atoms with E-state index in [1.54, 1.807) is 12.1 Å². The van der Waals surface area contributed by atoms with Crippen molar-refractivity contribution in [2.75, 3.05) is 18.1 Å². The molecule has 44 heavy (non-hydrogen) atoms. The van der Waals surface area contributed by atoms with E-state index in [-0.39, 0.29) is 5.75 Å². The van der Waals surface area contributed by atoms with Gasteiger partial charge in [-0.15, -0.1) is 0 Å². The molecule has 0 aliphatic rings. The summed E-state index contributed by atoms with van der Waals surface area (Å²) in [6, 6.07) is 40.1. The molecule has 5 aromatic carbocycles. The van der Waals surface area contributed by atoms with Crippen molar-refractivity contribution in [3.05, 3.63) is 126 Å². The average molecular weight is 646 g/mol. The molecule has 226 valence electrons. The summed E-state index contributed by atoms with van der Waals surface area (Å²) in [7, 11) is 0. The minimum absolute atomic E-state index is 0.259. The van der Waals surface area contributed by atoms with Gasteiger partial charge in [-0.3, -0.25) is 0 Å². The van der Waals surface area contributed by atoms with Gasteiger partial charge >= 0.3 is 243 Å². The van der Waals surface area contributed by atoms with Gasteiger partial charge in [0.05, 0.1) is 0 Å². The second kappa shape index (κ2) is 14.1. The van der Waals surface area contributed by atoms with Crippen molar-refractivity contribution in [1.29, 1.82) is 0 Å². The van der Waals surface area contributed by atoms with Gasteiger partial charge in [0, 0.05) is 0 Å². The van der Waals surface area contributed by atoms with Crippen LogP contribution in [0, 0.1) is 6.92 Å². The van der Waals surface area contributed by atoms with Crippen molar-refractivity contribution in [2.45, 2.75) is 44.0 Å². The number of phenols is 1. The van der Waals surface area contributed by atoms with Crippen LogP contribution in [-0.2, 0) is 6.42 Å². The summed E-state index contributed by atoms with van der Waals surface area (Å²) < 4.78 is 13.2. The first kappa shape index (κ1) is 31.3. The van der Waals surface area contributed by atoms with Gasteiger partial charge in [-0.1, -0.05) is 5.56 Å². The molecule has 5 rings (SSSR count). The van der Waals surface area contributed by atoms with E-state index >= 15 is 0 Å². The van der Waals surface area contributed by atoms with Crippen LogP contribution in [-0.4, -0.2) is 31.6 Å². The molecule has 0 fully saturated rings. The number of aromatic hydroxyl groups is 1. The number of hydrogen-bond donors (Lipinski definition) is 1. The zero-order chi connectivity index (χ0) is 31.1. The fraction of sp³-hybridized carbons (Fsp3) is 0.231. The Bertz CT molecular complexity index is 1600. The number of nitrogens with zero attached hydrogens (tertiary/aromatic N) is 1. The molecule has 0 radical (unpaired) electrons. The van der Waals surface area contributed by atoms with E-state index in [1.165, 1.54) is 31.9 Å². The molecule has 0 heterocycles. The van der Waals surface area contributed by atoms with E-state index in [4.69, 9.17) is 9.47 Å². The molecule has 0 saturated carbocycles. The molecule has 0 unspecified atom stereocenters. The molecule has 0 aliphatic carbocycles. The van der Waals surface area contributed by atoms with Gasteiger partial charge in [0.2, 0.25) is 0 Å². The third-order valence-electron chi connectivity index (χ3n) is 8.19. The zero-order valence-electron chi connectivity index (χ0n) is 26.5. The van der Waals surface area contributed by atoms with Gasteiger partial charge in [0.25, 0.3) is 0 Å². The molecule has 0 bridgehead atoms. The van der Waals surface area contributed by atoms with Crippen molar-refractivity contribution in [1.82, 2.24) is 0 Å². The summed E-state index contributed by atoms with van der Waals surface area (Å²) in [6.07, 6.45) is 1.01. The summed E-state index contributed by atoms with van der Waals surface area (Å²) >= 11 is -2.27. The second-order valence-electron chi connectivity index (χ2n) is 11.8. The van der Waals surface area contributed by atoms with Crippen molar-refractivity contribution in [3.63, 3.8) is 0 Å². The van der Waals surface area contributed by atoms with Crippen LogP contribution < -0.4 is 18.8 Å². The van der Waals surface area contributed by atoms with E-state index in [9.17, 15) is 5.11 Å². The maximum absolute atomic E-state index is 9.86. The van der Waals surface area contributed by atoms with E-state index in [2.05, 4.69) is 108 Å². The van der Waals surface area contributed by atoms with Crippen LogP contribution in [0.15, 0.2) is 115 Å². The Hall–Kier alpha value is -4.16. The Balaban J connectivity index is 1.32. The van der Waals surface area contributed by atoms with E-state index in [0.717, 1.165) is 35.0 Å². The number of anilines is 3. The van der Waals surface area contributed by atoms with Gasteiger partial charge in [0.15, 0.2) is 0 Å². The predicted molar refractivity (Wildman–Crippen MR) is 187 cm³/mol. The third-order valence-corrected chi connectivity index (χ3v) is 15.3. The van der Waals surface area contributed by atoms with Crippen molar-refractivity contribution in [2.24, 2.45) is 0 Å². The van der Waals surface area contributed by atoms with Crippen molar-refractivity contribution >= 4 is 34.7 Å². The molecular formula is C39H43GeNO3. The van der Waals surface area contributed by atoms with Crippen molar-refractivity contribution < 1.29 is 14.6 Å². The maximum atomic E-state index is 9.86. The molecule has 0 spiro atoms. The van der Waals surface area contributed by atoms with Gasteiger partial charge in [0.1, 0.15) is 5.75 Å². The number of ether oxygens (including phenoxy) is 2. The second-order valence-corrected chi connectivity index (χ2v) is 22.0. The fourth-order valence-electron chi connectivity index (χ4n) is 5.54. The molecule has 4 nitrogen and oxygen atoms in total. The minimum atomic E-state index is -2.27. The van der Waals surface area contributed by atoms with Gasteiger partial charge in [-0.05, 0) is 6.92 Å². The predicted octanol–water partition coefficient (Wildman–Crippen LogP) is 9.79. The van der Waals surface area contributed by atoms with Crippen LogP contribution >= 0.6 is 0 Å². The van der Waals surface area contributed by atoms with E-state index in [0.29, 0.717) is 13.2 Å². The first-order valence-corrected chi connectivity index (χ1v) is 22.3. The first-order chi connectivity index (χ1) is 21.3. The number of benzene rings is 5. The average Bonchev–Trinajstić information content (AvgIpc) is 3.03. The Morgan fingerprint density at radius 3 is 1.73 bits per heavy atom. The molecule has 5 heteroatoms. The van der Waals surface area contributed by atoms with Crippen LogP contribution in [0.25, 0.3) is 11.1 Å². The van der Waals surface area contributed by atoms with Crippen LogP contribution in [0.2, 0.25) is 16.8 Å². The van der Waals surface area contributed by atoms with Crippen LogP contribution in [0.1, 0.15) is 25.0 Å². The molecule has 0 aromatic heterocycles. The number of phenolic OH excluding ortho intramolecular Hbond substituents is 1. The molecule has 1 N–H and O–H groups in total. The monoisotopic (exact) mass is 647 g/mol. The summed E-state index contributed by atoms with van der Waals surface area (Å²) in [6.45, 7) is 7.43. The molecule has 5 aromatic rings. The third kappa shape index (κ3) is 7.48. The Labute approximate surface area is 265 Å².